The summed E-state index contributed by atoms with van der Waals surface area (Å²) in [6.07, 6.45) is 9.18. The van der Waals surface area contributed by atoms with Gasteiger partial charge in [-0.1, -0.05) is 44.2 Å². The van der Waals surface area contributed by atoms with E-state index in [2.05, 4.69) is 24.3 Å². The SMILES string of the molecule is CC(C)(CC1CCCCC1)NCCc1cccc(F)c1.NSF. The number of nitrogens with one attached hydrogen (secondary N) is 1. The molecule has 132 valence electrons. The molecule has 1 aliphatic rings. The first-order valence-electron chi connectivity index (χ1n) is 8.44. The molecule has 0 unspecified atom stereocenters. The minimum absolute atomic E-state index is 0.135. The minimum Gasteiger partial charge on any atom is -0.311 e. The molecule has 0 aromatic heterocycles. The Bertz CT molecular complexity index is 435. The van der Waals surface area contributed by atoms with Crippen molar-refractivity contribution >= 4 is 12.3 Å². The van der Waals surface area contributed by atoms with Gasteiger partial charge in [0.2, 0.25) is 0 Å². The fourth-order valence-corrected chi connectivity index (χ4v) is 3.42. The van der Waals surface area contributed by atoms with Crippen LogP contribution in [0.15, 0.2) is 24.3 Å². The van der Waals surface area contributed by atoms with E-state index in [9.17, 15) is 8.28 Å². The molecule has 0 heterocycles. The van der Waals surface area contributed by atoms with Gasteiger partial charge in [-0.15, -0.1) is 3.89 Å². The van der Waals surface area contributed by atoms with Crippen LogP contribution < -0.4 is 10.5 Å². The van der Waals surface area contributed by atoms with Crippen LogP contribution in [0.25, 0.3) is 0 Å². The van der Waals surface area contributed by atoms with Crippen LogP contribution in [0.5, 0.6) is 0 Å². The van der Waals surface area contributed by atoms with Gasteiger partial charge in [-0.2, -0.15) is 0 Å². The Morgan fingerprint density at radius 1 is 1.26 bits per heavy atom. The van der Waals surface area contributed by atoms with Crippen LogP contribution in [0, 0.1) is 11.7 Å². The van der Waals surface area contributed by atoms with Crippen molar-refractivity contribution in [3.63, 3.8) is 0 Å². The Morgan fingerprint density at radius 2 is 1.91 bits per heavy atom. The lowest BCUT2D eigenvalue weighted by Gasteiger charge is -2.33. The highest BCUT2D eigenvalue weighted by molar-refractivity contribution is 7.91. The predicted molar refractivity (Wildman–Crippen MR) is 96.3 cm³/mol. The first kappa shape index (κ1) is 20.4. The first-order valence-corrected chi connectivity index (χ1v) is 9.22. The van der Waals surface area contributed by atoms with Crippen molar-refractivity contribution < 1.29 is 8.28 Å². The zero-order chi connectivity index (χ0) is 17.1. The second-order valence-electron chi connectivity index (χ2n) is 6.99. The maximum Gasteiger partial charge on any atom is 0.128 e. The first-order chi connectivity index (χ1) is 11.0. The molecule has 0 saturated heterocycles. The second-order valence-corrected chi connectivity index (χ2v) is 7.17. The Morgan fingerprint density at radius 3 is 2.52 bits per heavy atom. The predicted octanol–water partition coefficient (Wildman–Crippen LogP) is 5.18. The van der Waals surface area contributed by atoms with Gasteiger partial charge in [-0.3, -0.25) is 0 Å². The number of hydrogen-bond donors (Lipinski definition) is 2. The summed E-state index contributed by atoms with van der Waals surface area (Å²) in [6, 6.07) is 6.93. The molecule has 0 atom stereocenters. The van der Waals surface area contributed by atoms with E-state index >= 15 is 0 Å². The van der Waals surface area contributed by atoms with Gasteiger partial charge >= 0.3 is 0 Å². The van der Waals surface area contributed by atoms with E-state index in [0.29, 0.717) is 0 Å². The highest BCUT2D eigenvalue weighted by Gasteiger charge is 2.23. The summed E-state index contributed by atoms with van der Waals surface area (Å²) >= 11 is -0.250. The standard InChI is InChI=1S/C18H28FN.FH2NS/c1-18(2,14-16-7-4-3-5-8-16)20-12-11-15-9-6-10-17(19)13-15;1-3-2/h6,9-10,13,16,20H,3-5,7-8,11-12,14H2,1-2H3;2H2. The van der Waals surface area contributed by atoms with Gasteiger partial charge in [0, 0.05) is 5.54 Å². The number of rotatable bonds is 6. The van der Waals surface area contributed by atoms with Gasteiger partial charge in [-0.25, -0.2) is 9.53 Å². The molecule has 0 spiro atoms. The summed E-state index contributed by atoms with van der Waals surface area (Å²) in [6.45, 7) is 5.52. The normalized spacial score (nSPS) is 15.9. The summed E-state index contributed by atoms with van der Waals surface area (Å²) in [7, 11) is 0. The molecular weight excluding hydrogens is 314 g/mol. The molecule has 1 aliphatic carbocycles. The average molecular weight is 345 g/mol. The van der Waals surface area contributed by atoms with E-state index in [1.807, 2.05) is 6.07 Å². The van der Waals surface area contributed by atoms with Gasteiger partial charge in [0.25, 0.3) is 0 Å². The Balaban J connectivity index is 0.000000816. The third kappa shape index (κ3) is 9.28. The summed E-state index contributed by atoms with van der Waals surface area (Å²) in [5.74, 6) is 0.754. The molecule has 1 fully saturated rings. The Kier molecular flexibility index (Phi) is 9.75. The van der Waals surface area contributed by atoms with Crippen molar-refractivity contribution in [2.24, 2.45) is 11.1 Å². The smallest absolute Gasteiger partial charge is 0.128 e. The number of nitrogens with two attached hydrogens (primary N) is 1. The summed E-state index contributed by atoms with van der Waals surface area (Å²) in [5, 5.41) is 7.75. The zero-order valence-electron chi connectivity index (χ0n) is 14.3. The number of hydrogen-bond acceptors (Lipinski definition) is 3. The van der Waals surface area contributed by atoms with Crippen LogP contribution in [0.2, 0.25) is 0 Å². The third-order valence-electron chi connectivity index (χ3n) is 4.43. The summed E-state index contributed by atoms with van der Waals surface area (Å²) < 4.78 is 23.1. The van der Waals surface area contributed by atoms with Crippen molar-refractivity contribution in [2.45, 2.75) is 64.3 Å². The molecule has 3 N–H and O–H groups in total. The quantitative estimate of drug-likeness (QED) is 0.698. The van der Waals surface area contributed by atoms with Crippen LogP contribution >= 0.6 is 12.3 Å². The van der Waals surface area contributed by atoms with E-state index in [1.165, 1.54) is 44.6 Å². The molecule has 2 rings (SSSR count). The van der Waals surface area contributed by atoms with Crippen LogP contribution in [0.4, 0.5) is 8.28 Å². The fourth-order valence-electron chi connectivity index (χ4n) is 3.42. The van der Waals surface area contributed by atoms with Crippen molar-refractivity contribution in [3.8, 4) is 0 Å². The van der Waals surface area contributed by atoms with Crippen LogP contribution in [0.3, 0.4) is 0 Å². The van der Waals surface area contributed by atoms with Crippen LogP contribution in [0.1, 0.15) is 57.9 Å². The van der Waals surface area contributed by atoms with Gasteiger partial charge in [0.1, 0.15) is 18.2 Å². The van der Waals surface area contributed by atoms with Gasteiger partial charge in [0.05, 0.1) is 0 Å². The molecule has 1 saturated carbocycles. The average Bonchev–Trinajstić information content (AvgIpc) is 2.48. The molecule has 1 aromatic carbocycles. The lowest BCUT2D eigenvalue weighted by Crippen LogP contribution is -2.42. The fraction of sp³-hybridized carbons (Fsp3) is 0.667. The monoisotopic (exact) mass is 344 g/mol. The lowest BCUT2D eigenvalue weighted by atomic mass is 9.81. The maximum atomic E-state index is 13.1. The molecule has 0 radical (unpaired) electrons. The largest absolute Gasteiger partial charge is 0.311 e. The molecule has 23 heavy (non-hydrogen) atoms. The molecule has 0 amide bonds. The van der Waals surface area contributed by atoms with Crippen molar-refractivity contribution in [1.29, 1.82) is 0 Å². The van der Waals surface area contributed by atoms with Gasteiger partial charge in [0.15, 0.2) is 0 Å². The van der Waals surface area contributed by atoms with E-state index in [-0.39, 0.29) is 23.7 Å². The second kappa shape index (κ2) is 11.0. The zero-order valence-corrected chi connectivity index (χ0v) is 15.1. The van der Waals surface area contributed by atoms with Gasteiger partial charge < -0.3 is 5.32 Å². The summed E-state index contributed by atoms with van der Waals surface area (Å²) in [4.78, 5) is 0. The molecule has 5 heteroatoms. The molecule has 1 aromatic rings. The lowest BCUT2D eigenvalue weighted by molar-refractivity contribution is 0.248. The topological polar surface area (TPSA) is 38.0 Å². The summed E-state index contributed by atoms with van der Waals surface area (Å²) in [5.41, 5.74) is 1.26. The number of halogens is 2. The van der Waals surface area contributed by atoms with E-state index in [0.717, 1.165) is 24.4 Å². The highest BCUT2D eigenvalue weighted by Crippen LogP contribution is 2.30. The van der Waals surface area contributed by atoms with E-state index < -0.39 is 0 Å². The Hall–Kier alpha value is -0.650. The maximum absolute atomic E-state index is 13.1. The minimum atomic E-state index is -0.250. The molecule has 0 aliphatic heterocycles. The van der Waals surface area contributed by atoms with E-state index in [4.69, 9.17) is 0 Å². The van der Waals surface area contributed by atoms with Crippen molar-refractivity contribution in [3.05, 3.63) is 35.6 Å². The third-order valence-corrected chi connectivity index (χ3v) is 4.43. The molecular formula is C18H30F2N2S. The van der Waals surface area contributed by atoms with Crippen LogP contribution in [-0.4, -0.2) is 12.1 Å². The number of benzene rings is 1. The van der Waals surface area contributed by atoms with Gasteiger partial charge in [-0.05, 0) is 56.8 Å². The molecule has 2 nitrogen and oxygen atoms in total. The Labute approximate surface area is 144 Å². The van der Waals surface area contributed by atoms with E-state index in [1.54, 1.807) is 12.1 Å². The van der Waals surface area contributed by atoms with Crippen molar-refractivity contribution in [1.82, 2.24) is 5.32 Å². The molecule has 0 bridgehead atoms. The van der Waals surface area contributed by atoms with Crippen LogP contribution in [-0.2, 0) is 6.42 Å². The van der Waals surface area contributed by atoms with Crippen molar-refractivity contribution in [2.75, 3.05) is 6.54 Å². The highest BCUT2D eigenvalue weighted by atomic mass is 32.2.